The van der Waals surface area contributed by atoms with Crippen molar-refractivity contribution >= 4 is 39.8 Å². The highest BCUT2D eigenvalue weighted by Gasteiger charge is 2.27. The van der Waals surface area contributed by atoms with Crippen molar-refractivity contribution in [1.29, 1.82) is 0 Å². The third-order valence-corrected chi connectivity index (χ3v) is 9.51. The van der Waals surface area contributed by atoms with Gasteiger partial charge in [0.15, 0.2) is 11.6 Å². The number of aromatic nitrogens is 2. The molecule has 2 aromatic heterocycles. The summed E-state index contributed by atoms with van der Waals surface area (Å²) in [6.07, 6.45) is 3.85. The van der Waals surface area contributed by atoms with Gasteiger partial charge in [-0.1, -0.05) is 63.2 Å². The molecule has 5 rings (SSSR count). The highest BCUT2D eigenvalue weighted by molar-refractivity contribution is 7.14. The summed E-state index contributed by atoms with van der Waals surface area (Å²) in [5, 5.41) is 14.1. The van der Waals surface area contributed by atoms with Gasteiger partial charge in [-0.25, -0.2) is 9.97 Å². The van der Waals surface area contributed by atoms with Gasteiger partial charge in [0, 0.05) is 40.7 Å². The number of carboxylic acid groups (broad SMARTS) is 1. The Labute approximate surface area is 278 Å². The van der Waals surface area contributed by atoms with Crippen molar-refractivity contribution in [2.45, 2.75) is 58.9 Å². The molecular weight excluding hydrogens is 611 g/mol. The number of rotatable bonds is 12. The molecular formula is C38H39N3O5S. The lowest BCUT2D eigenvalue weighted by molar-refractivity contribution is -0.141. The SMILES string of the molecule is CCOc1ccc2cc(-c3cnc(-c4ccc(C[C@H](CC(=O)c5ccc(C(C)(C)C)s5)C(=O)N[C@H](C)C(=O)O)cc4)nc3)ccc2c1. The van der Waals surface area contributed by atoms with Gasteiger partial charge in [0.25, 0.3) is 0 Å². The number of nitrogens with one attached hydrogen (secondary N) is 1. The number of fused-ring (bicyclic) bond motifs is 1. The van der Waals surface area contributed by atoms with Gasteiger partial charge in [-0.2, -0.15) is 0 Å². The number of benzene rings is 3. The summed E-state index contributed by atoms with van der Waals surface area (Å²) in [6, 6.07) is 22.5. The molecule has 2 atom stereocenters. The van der Waals surface area contributed by atoms with Crippen molar-refractivity contribution in [2.75, 3.05) is 6.61 Å². The lowest BCUT2D eigenvalue weighted by atomic mass is 9.92. The van der Waals surface area contributed by atoms with Gasteiger partial charge in [0.2, 0.25) is 5.91 Å². The monoisotopic (exact) mass is 649 g/mol. The molecule has 0 spiro atoms. The van der Waals surface area contributed by atoms with Gasteiger partial charge in [-0.3, -0.25) is 14.4 Å². The molecule has 0 radical (unpaired) electrons. The van der Waals surface area contributed by atoms with E-state index < -0.39 is 23.8 Å². The molecule has 0 aliphatic carbocycles. The van der Waals surface area contributed by atoms with Crippen molar-refractivity contribution in [2.24, 2.45) is 5.92 Å². The number of Topliss-reactive ketones (excluding diaryl/α,β-unsaturated/α-hetero) is 1. The minimum atomic E-state index is -1.14. The highest BCUT2D eigenvalue weighted by atomic mass is 32.1. The summed E-state index contributed by atoms with van der Waals surface area (Å²) in [4.78, 5) is 48.8. The zero-order valence-electron chi connectivity index (χ0n) is 27.2. The second-order valence-electron chi connectivity index (χ2n) is 12.7. The molecule has 9 heteroatoms. The number of carboxylic acids is 1. The lowest BCUT2D eigenvalue weighted by Gasteiger charge is -2.18. The molecule has 0 saturated heterocycles. The van der Waals surface area contributed by atoms with E-state index in [1.807, 2.05) is 61.5 Å². The first-order chi connectivity index (χ1) is 22.4. The van der Waals surface area contributed by atoms with Crippen LogP contribution in [-0.4, -0.2) is 45.4 Å². The van der Waals surface area contributed by atoms with Gasteiger partial charge in [0.05, 0.1) is 11.5 Å². The molecule has 2 N–H and O–H groups in total. The van der Waals surface area contributed by atoms with E-state index in [1.165, 1.54) is 18.3 Å². The zero-order valence-corrected chi connectivity index (χ0v) is 28.1. The fourth-order valence-corrected chi connectivity index (χ4v) is 6.24. The van der Waals surface area contributed by atoms with E-state index in [0.717, 1.165) is 43.7 Å². The molecule has 3 aromatic carbocycles. The fraction of sp³-hybridized carbons (Fsp3) is 0.289. The molecule has 0 aliphatic heterocycles. The fourth-order valence-electron chi connectivity index (χ4n) is 5.23. The van der Waals surface area contributed by atoms with Gasteiger partial charge in [0.1, 0.15) is 11.8 Å². The largest absolute Gasteiger partial charge is 0.494 e. The zero-order chi connectivity index (χ0) is 33.7. The topological polar surface area (TPSA) is 118 Å². The van der Waals surface area contributed by atoms with E-state index in [4.69, 9.17) is 4.74 Å². The Morgan fingerprint density at radius 1 is 0.872 bits per heavy atom. The minimum absolute atomic E-state index is 0.0307. The lowest BCUT2D eigenvalue weighted by Crippen LogP contribution is -2.42. The number of hydrogen-bond acceptors (Lipinski definition) is 7. The summed E-state index contributed by atoms with van der Waals surface area (Å²) < 4.78 is 5.61. The van der Waals surface area contributed by atoms with Gasteiger partial charge in [-0.15, -0.1) is 11.3 Å². The number of aliphatic carboxylic acids is 1. The number of carbonyl (C=O) groups excluding carboxylic acids is 2. The Kier molecular flexibility index (Phi) is 10.2. The molecule has 8 nitrogen and oxygen atoms in total. The van der Waals surface area contributed by atoms with E-state index in [2.05, 4.69) is 48.2 Å². The van der Waals surface area contributed by atoms with Crippen LogP contribution in [0, 0.1) is 5.92 Å². The van der Waals surface area contributed by atoms with Gasteiger partial charge >= 0.3 is 5.97 Å². The average molecular weight is 650 g/mol. The Morgan fingerprint density at radius 2 is 1.53 bits per heavy atom. The summed E-state index contributed by atoms with van der Waals surface area (Å²) in [5.74, 6) is -1.07. The van der Waals surface area contributed by atoms with Gasteiger partial charge < -0.3 is 15.2 Å². The normalized spacial score (nSPS) is 12.8. The summed E-state index contributed by atoms with van der Waals surface area (Å²) in [6.45, 7) is 10.3. The maximum Gasteiger partial charge on any atom is 0.325 e. The van der Waals surface area contributed by atoms with Crippen molar-refractivity contribution in [1.82, 2.24) is 15.3 Å². The predicted molar refractivity (Wildman–Crippen MR) is 186 cm³/mol. The van der Waals surface area contributed by atoms with E-state index >= 15 is 0 Å². The molecule has 47 heavy (non-hydrogen) atoms. The first kappa shape index (κ1) is 33.5. The molecule has 0 saturated carbocycles. The van der Waals surface area contributed by atoms with Crippen LogP contribution in [-0.2, 0) is 21.4 Å². The second kappa shape index (κ2) is 14.3. The van der Waals surface area contributed by atoms with E-state index in [1.54, 1.807) is 18.5 Å². The molecule has 0 bridgehead atoms. The minimum Gasteiger partial charge on any atom is -0.494 e. The Hall–Kier alpha value is -4.89. The predicted octanol–water partition coefficient (Wildman–Crippen LogP) is 7.74. The van der Waals surface area contributed by atoms with E-state index in [9.17, 15) is 19.5 Å². The molecule has 1 amide bonds. The van der Waals surface area contributed by atoms with Crippen molar-refractivity contribution < 1.29 is 24.2 Å². The third-order valence-electron chi connectivity index (χ3n) is 7.95. The number of hydrogen-bond donors (Lipinski definition) is 2. The third kappa shape index (κ3) is 8.29. The molecule has 0 unspecified atom stereocenters. The van der Waals surface area contributed by atoms with E-state index in [-0.39, 0.29) is 24.0 Å². The van der Waals surface area contributed by atoms with Crippen LogP contribution in [0.1, 0.15) is 61.2 Å². The molecule has 242 valence electrons. The van der Waals surface area contributed by atoms with Crippen LogP contribution >= 0.6 is 11.3 Å². The smallest absolute Gasteiger partial charge is 0.325 e. The Balaban J connectivity index is 1.30. The molecule has 2 heterocycles. The van der Waals surface area contributed by atoms with Crippen LogP contribution in [0.5, 0.6) is 5.75 Å². The molecule has 0 fully saturated rings. The van der Waals surface area contributed by atoms with Crippen molar-refractivity contribution in [3.05, 3.63) is 101 Å². The summed E-state index contributed by atoms with van der Waals surface area (Å²) in [5.41, 5.74) is 3.47. The number of carbonyl (C=O) groups is 3. The number of nitrogens with zero attached hydrogens (tertiary/aromatic N) is 2. The highest BCUT2D eigenvalue weighted by Crippen LogP contribution is 2.31. The standard InChI is InChI=1S/C38H39N3O5S/c1-6-46-31-14-13-26-18-27(11-12-28(26)19-31)30-21-39-35(40-22-30)25-9-7-24(8-10-25)17-29(36(43)41-23(2)37(44)45)20-32(42)33-15-16-34(47-33)38(3,4)5/h7-16,18-19,21-23,29H,6,17,20H2,1-5H3,(H,41,43)(H,44,45)/t23-,29-/m1/s1. The van der Waals surface area contributed by atoms with Crippen LogP contribution in [0.25, 0.3) is 33.3 Å². The van der Waals surface area contributed by atoms with Crippen LogP contribution in [0.4, 0.5) is 0 Å². The van der Waals surface area contributed by atoms with Crippen LogP contribution in [0.3, 0.4) is 0 Å². The second-order valence-corrected chi connectivity index (χ2v) is 13.7. The van der Waals surface area contributed by atoms with Crippen molar-refractivity contribution in [3.63, 3.8) is 0 Å². The quantitative estimate of drug-likeness (QED) is 0.133. The summed E-state index contributed by atoms with van der Waals surface area (Å²) >= 11 is 1.43. The van der Waals surface area contributed by atoms with Crippen molar-refractivity contribution in [3.8, 4) is 28.3 Å². The molecule has 0 aliphatic rings. The number of ketones is 1. The average Bonchev–Trinajstić information content (AvgIpc) is 3.57. The maximum atomic E-state index is 13.3. The number of ether oxygens (including phenoxy) is 1. The number of amides is 1. The first-order valence-corrected chi connectivity index (χ1v) is 16.5. The van der Waals surface area contributed by atoms with Crippen LogP contribution < -0.4 is 10.1 Å². The molecule has 5 aromatic rings. The van der Waals surface area contributed by atoms with Gasteiger partial charge in [-0.05, 0) is 77.9 Å². The summed E-state index contributed by atoms with van der Waals surface area (Å²) in [7, 11) is 0. The number of thiophene rings is 1. The van der Waals surface area contributed by atoms with Crippen LogP contribution in [0.15, 0.2) is 85.2 Å². The first-order valence-electron chi connectivity index (χ1n) is 15.7. The Morgan fingerprint density at radius 3 is 2.17 bits per heavy atom. The maximum absolute atomic E-state index is 13.3. The van der Waals surface area contributed by atoms with E-state index in [0.29, 0.717) is 17.3 Å². The van der Waals surface area contributed by atoms with Crippen LogP contribution in [0.2, 0.25) is 0 Å². The Bertz CT molecular complexity index is 1890.